The number of Topliss-reactive ketones (excluding diaryl/α,β-unsaturated/α-hetero) is 1. The Morgan fingerprint density at radius 1 is 1.17 bits per heavy atom. The summed E-state index contributed by atoms with van der Waals surface area (Å²) < 4.78 is 0. The molecule has 1 unspecified atom stereocenters. The summed E-state index contributed by atoms with van der Waals surface area (Å²) in [6.07, 6.45) is 4.87. The molecule has 0 spiro atoms. The summed E-state index contributed by atoms with van der Waals surface area (Å²) in [6.45, 7) is 4.15. The zero-order chi connectivity index (χ0) is 13.5. The van der Waals surface area contributed by atoms with Gasteiger partial charge in [-0.2, -0.15) is 0 Å². The highest BCUT2D eigenvalue weighted by molar-refractivity contribution is 5.99. The monoisotopic (exact) mass is 247 g/mol. The van der Waals surface area contributed by atoms with Gasteiger partial charge in [0.2, 0.25) is 0 Å². The maximum Gasteiger partial charge on any atom is 0.179 e. The van der Waals surface area contributed by atoms with Crippen LogP contribution in [0.15, 0.2) is 24.3 Å². The van der Waals surface area contributed by atoms with Crippen LogP contribution in [-0.2, 0) is 6.42 Å². The average Bonchev–Trinajstić information content (AvgIpc) is 2.38. The first-order chi connectivity index (χ1) is 8.56. The van der Waals surface area contributed by atoms with Crippen LogP contribution in [0.25, 0.3) is 0 Å². The van der Waals surface area contributed by atoms with Gasteiger partial charge in [0.15, 0.2) is 5.78 Å². The minimum Gasteiger partial charge on any atom is -0.300 e. The van der Waals surface area contributed by atoms with Crippen LogP contribution in [0.1, 0.15) is 49.0 Å². The smallest absolute Gasteiger partial charge is 0.179 e. The number of rotatable bonds is 7. The Bertz CT molecular complexity index is 367. The van der Waals surface area contributed by atoms with Crippen molar-refractivity contribution in [3.8, 4) is 0 Å². The highest BCUT2D eigenvalue weighted by atomic mass is 16.1. The highest BCUT2D eigenvalue weighted by Gasteiger charge is 2.16. The van der Waals surface area contributed by atoms with Crippen molar-refractivity contribution in [3.63, 3.8) is 0 Å². The Morgan fingerprint density at radius 3 is 2.28 bits per heavy atom. The average molecular weight is 247 g/mol. The molecule has 0 bridgehead atoms. The van der Waals surface area contributed by atoms with Crippen molar-refractivity contribution in [2.75, 3.05) is 14.1 Å². The van der Waals surface area contributed by atoms with E-state index in [4.69, 9.17) is 0 Å². The maximum atomic E-state index is 12.1. The van der Waals surface area contributed by atoms with Crippen molar-refractivity contribution in [2.45, 2.75) is 45.6 Å². The van der Waals surface area contributed by atoms with Crippen LogP contribution in [0.4, 0.5) is 0 Å². The van der Waals surface area contributed by atoms with Crippen molar-refractivity contribution >= 4 is 5.78 Å². The fraction of sp³-hybridized carbons (Fsp3) is 0.562. The van der Waals surface area contributed by atoms with Gasteiger partial charge in [-0.25, -0.2) is 0 Å². The quantitative estimate of drug-likeness (QED) is 0.542. The van der Waals surface area contributed by atoms with Crippen LogP contribution in [0.2, 0.25) is 0 Å². The molecular formula is C16H25NO. The van der Waals surface area contributed by atoms with Gasteiger partial charge in [0.05, 0.1) is 6.04 Å². The van der Waals surface area contributed by atoms with Gasteiger partial charge in [0.25, 0.3) is 0 Å². The minimum atomic E-state index is -0.0593. The van der Waals surface area contributed by atoms with Crippen molar-refractivity contribution < 1.29 is 4.79 Å². The van der Waals surface area contributed by atoms with E-state index < -0.39 is 0 Å². The summed E-state index contributed by atoms with van der Waals surface area (Å²) in [4.78, 5) is 14.1. The molecule has 0 fully saturated rings. The molecule has 0 heterocycles. The molecule has 0 aliphatic carbocycles. The van der Waals surface area contributed by atoms with Crippen LogP contribution in [-0.4, -0.2) is 30.8 Å². The van der Waals surface area contributed by atoms with Crippen LogP contribution >= 0.6 is 0 Å². The number of ketones is 1. The Hall–Kier alpha value is -1.15. The van der Waals surface area contributed by atoms with Crippen molar-refractivity contribution in [3.05, 3.63) is 35.4 Å². The topological polar surface area (TPSA) is 20.3 Å². The largest absolute Gasteiger partial charge is 0.300 e. The fourth-order valence-corrected chi connectivity index (χ4v) is 1.89. The molecule has 2 nitrogen and oxygen atoms in total. The molecule has 0 saturated heterocycles. The molecule has 1 rings (SSSR count). The van der Waals surface area contributed by atoms with Gasteiger partial charge in [0, 0.05) is 5.56 Å². The molecular weight excluding hydrogens is 222 g/mol. The molecule has 0 aliphatic heterocycles. The Balaban J connectivity index is 2.62. The van der Waals surface area contributed by atoms with E-state index in [9.17, 15) is 4.79 Å². The summed E-state index contributed by atoms with van der Waals surface area (Å²) in [5, 5.41) is 0. The molecule has 1 aromatic rings. The first kappa shape index (κ1) is 14.9. The van der Waals surface area contributed by atoms with Crippen LogP contribution in [0, 0.1) is 0 Å². The Labute approximate surface area is 111 Å². The second kappa shape index (κ2) is 7.32. The van der Waals surface area contributed by atoms with Gasteiger partial charge in [0.1, 0.15) is 0 Å². The Kier molecular flexibility index (Phi) is 6.06. The lowest BCUT2D eigenvalue weighted by Gasteiger charge is -2.18. The lowest BCUT2D eigenvalue weighted by molar-refractivity contribution is 0.0890. The third kappa shape index (κ3) is 4.26. The third-order valence-corrected chi connectivity index (χ3v) is 3.46. The number of hydrogen-bond acceptors (Lipinski definition) is 2. The summed E-state index contributed by atoms with van der Waals surface area (Å²) in [6, 6.07) is 8.04. The molecule has 1 atom stereocenters. The standard InChI is InChI=1S/C16H25NO/c1-5-6-7-8-14-9-11-15(12-10-14)16(18)13(2)17(3)4/h9-13H,5-8H2,1-4H3. The summed E-state index contributed by atoms with van der Waals surface area (Å²) in [5.74, 6) is 0.195. The fourth-order valence-electron chi connectivity index (χ4n) is 1.89. The van der Waals surface area contributed by atoms with E-state index >= 15 is 0 Å². The van der Waals surface area contributed by atoms with E-state index in [1.54, 1.807) is 0 Å². The molecule has 0 radical (unpaired) electrons. The van der Waals surface area contributed by atoms with E-state index in [2.05, 4.69) is 19.1 Å². The zero-order valence-corrected chi connectivity index (χ0v) is 12.1. The van der Waals surface area contributed by atoms with Crippen molar-refractivity contribution in [1.29, 1.82) is 0 Å². The lowest BCUT2D eigenvalue weighted by atomic mass is 10.0. The maximum absolute atomic E-state index is 12.1. The van der Waals surface area contributed by atoms with E-state index in [1.165, 1.54) is 24.8 Å². The molecule has 0 aliphatic rings. The number of unbranched alkanes of at least 4 members (excludes halogenated alkanes) is 2. The third-order valence-electron chi connectivity index (χ3n) is 3.46. The molecule has 0 amide bonds. The molecule has 0 aromatic heterocycles. The normalized spacial score (nSPS) is 12.7. The van der Waals surface area contributed by atoms with E-state index in [-0.39, 0.29) is 11.8 Å². The number of carbonyl (C=O) groups is 1. The van der Waals surface area contributed by atoms with Gasteiger partial charge < -0.3 is 0 Å². The van der Waals surface area contributed by atoms with Gasteiger partial charge >= 0.3 is 0 Å². The number of nitrogens with zero attached hydrogens (tertiary/aromatic N) is 1. The molecule has 100 valence electrons. The second-order valence-electron chi connectivity index (χ2n) is 5.16. The van der Waals surface area contributed by atoms with E-state index in [1.807, 2.05) is 38.1 Å². The molecule has 2 heteroatoms. The predicted molar refractivity (Wildman–Crippen MR) is 77.2 cm³/mol. The lowest BCUT2D eigenvalue weighted by Crippen LogP contribution is -2.32. The van der Waals surface area contributed by atoms with Crippen molar-refractivity contribution in [1.82, 2.24) is 4.90 Å². The number of likely N-dealkylation sites (N-methyl/N-ethyl adjacent to an activating group) is 1. The number of benzene rings is 1. The number of hydrogen-bond donors (Lipinski definition) is 0. The first-order valence-electron chi connectivity index (χ1n) is 6.85. The van der Waals surface area contributed by atoms with Gasteiger partial charge in [-0.3, -0.25) is 9.69 Å². The molecule has 18 heavy (non-hydrogen) atoms. The SMILES string of the molecule is CCCCCc1ccc(C(=O)C(C)N(C)C)cc1. The predicted octanol–water partition coefficient (Wildman–Crippen LogP) is 3.55. The Morgan fingerprint density at radius 2 is 1.78 bits per heavy atom. The molecule has 0 saturated carbocycles. The summed E-state index contributed by atoms with van der Waals surface area (Å²) >= 11 is 0. The van der Waals surface area contributed by atoms with Gasteiger partial charge in [-0.15, -0.1) is 0 Å². The van der Waals surface area contributed by atoms with Gasteiger partial charge in [-0.05, 0) is 39.4 Å². The van der Waals surface area contributed by atoms with Crippen LogP contribution in [0.3, 0.4) is 0 Å². The zero-order valence-electron chi connectivity index (χ0n) is 12.1. The minimum absolute atomic E-state index is 0.0593. The number of aryl methyl sites for hydroxylation is 1. The highest BCUT2D eigenvalue weighted by Crippen LogP contribution is 2.11. The van der Waals surface area contributed by atoms with Gasteiger partial charge in [-0.1, -0.05) is 44.0 Å². The van der Waals surface area contributed by atoms with Crippen LogP contribution in [0.5, 0.6) is 0 Å². The number of carbonyl (C=O) groups excluding carboxylic acids is 1. The molecule has 0 N–H and O–H groups in total. The van der Waals surface area contributed by atoms with Crippen molar-refractivity contribution in [2.24, 2.45) is 0 Å². The van der Waals surface area contributed by atoms with E-state index in [0.29, 0.717) is 0 Å². The second-order valence-corrected chi connectivity index (χ2v) is 5.16. The van der Waals surface area contributed by atoms with Crippen LogP contribution < -0.4 is 0 Å². The molecule has 1 aromatic carbocycles. The summed E-state index contributed by atoms with van der Waals surface area (Å²) in [7, 11) is 3.86. The van der Waals surface area contributed by atoms with E-state index in [0.717, 1.165) is 12.0 Å². The summed E-state index contributed by atoms with van der Waals surface area (Å²) in [5.41, 5.74) is 2.15. The first-order valence-corrected chi connectivity index (χ1v) is 6.85.